The van der Waals surface area contributed by atoms with Crippen molar-refractivity contribution in [2.45, 2.75) is 32.0 Å². The van der Waals surface area contributed by atoms with Gasteiger partial charge in [0.05, 0.1) is 6.61 Å². The van der Waals surface area contributed by atoms with Gasteiger partial charge in [0.15, 0.2) is 5.82 Å². The third kappa shape index (κ3) is 5.01. The summed E-state index contributed by atoms with van der Waals surface area (Å²) in [6, 6.07) is 10.8. The number of nitrogens with one attached hydrogen (secondary N) is 1. The van der Waals surface area contributed by atoms with E-state index >= 15 is 0 Å². The Bertz CT molecular complexity index is 608. The molecule has 132 valence electrons. The van der Waals surface area contributed by atoms with Crippen LogP contribution in [0, 0.1) is 0 Å². The van der Waals surface area contributed by atoms with Crippen LogP contribution in [0.2, 0.25) is 0 Å². The summed E-state index contributed by atoms with van der Waals surface area (Å²) in [4.78, 5) is 6.86. The van der Waals surface area contributed by atoms with Gasteiger partial charge in [-0.25, -0.2) is 0 Å². The number of halogens is 1. The van der Waals surface area contributed by atoms with Crippen LogP contribution in [-0.2, 0) is 17.7 Å². The van der Waals surface area contributed by atoms with E-state index in [4.69, 9.17) is 9.26 Å². The standard InChI is InChI=1S/C17H24N4O2.ClH/c1-13(18-2)10-16-19-17(23-20-16)15-12-21(8-9-22-15)11-14-6-4-3-5-7-14;/h3-7,13,15,18H,8-12H2,1-2H3;1H. The molecule has 6 nitrogen and oxygen atoms in total. The number of hydrogen-bond acceptors (Lipinski definition) is 6. The van der Waals surface area contributed by atoms with Crippen LogP contribution in [-0.4, -0.2) is 47.8 Å². The lowest BCUT2D eigenvalue weighted by molar-refractivity contribution is -0.0475. The van der Waals surface area contributed by atoms with Gasteiger partial charge >= 0.3 is 0 Å². The Morgan fingerprint density at radius 2 is 2.12 bits per heavy atom. The molecule has 0 bridgehead atoms. The van der Waals surface area contributed by atoms with E-state index in [-0.39, 0.29) is 18.5 Å². The molecule has 3 rings (SSSR count). The largest absolute Gasteiger partial charge is 0.366 e. The normalized spacial score (nSPS) is 19.7. The zero-order valence-electron chi connectivity index (χ0n) is 14.1. The summed E-state index contributed by atoms with van der Waals surface area (Å²) in [6.45, 7) is 5.39. The van der Waals surface area contributed by atoms with Crippen LogP contribution in [0.25, 0.3) is 0 Å². The van der Waals surface area contributed by atoms with Crippen LogP contribution >= 0.6 is 12.4 Å². The fraction of sp³-hybridized carbons (Fsp3) is 0.529. The first-order chi connectivity index (χ1) is 11.2. The molecule has 1 saturated heterocycles. The third-order valence-electron chi connectivity index (χ3n) is 4.14. The van der Waals surface area contributed by atoms with Gasteiger partial charge in [-0.05, 0) is 19.5 Å². The van der Waals surface area contributed by atoms with E-state index in [0.717, 1.165) is 31.9 Å². The van der Waals surface area contributed by atoms with Crippen molar-refractivity contribution in [1.82, 2.24) is 20.4 Å². The number of rotatable bonds is 6. The van der Waals surface area contributed by atoms with Crippen LogP contribution in [0.15, 0.2) is 34.9 Å². The zero-order valence-corrected chi connectivity index (χ0v) is 15.0. The van der Waals surface area contributed by atoms with Crippen LogP contribution in [0.3, 0.4) is 0 Å². The number of morpholine rings is 1. The average Bonchev–Trinajstić information content (AvgIpc) is 3.04. The highest BCUT2D eigenvalue weighted by atomic mass is 35.5. The molecular formula is C17H25ClN4O2. The molecule has 2 unspecified atom stereocenters. The molecule has 1 aliphatic rings. The molecule has 0 saturated carbocycles. The second-order valence-electron chi connectivity index (χ2n) is 6.02. The van der Waals surface area contributed by atoms with E-state index < -0.39 is 0 Å². The SMILES string of the molecule is CNC(C)Cc1noc(C2CN(Cc3ccccc3)CCO2)n1.Cl. The van der Waals surface area contributed by atoms with Crippen molar-refractivity contribution < 1.29 is 9.26 Å². The Morgan fingerprint density at radius 3 is 2.88 bits per heavy atom. The van der Waals surface area contributed by atoms with Crippen LogP contribution in [0.1, 0.15) is 30.3 Å². The number of ether oxygens (including phenoxy) is 1. The Hall–Kier alpha value is -1.47. The summed E-state index contributed by atoms with van der Waals surface area (Å²) in [6.07, 6.45) is 0.610. The van der Waals surface area contributed by atoms with Crippen molar-refractivity contribution in [1.29, 1.82) is 0 Å². The van der Waals surface area contributed by atoms with E-state index in [2.05, 4.69) is 51.5 Å². The highest BCUT2D eigenvalue weighted by molar-refractivity contribution is 5.85. The molecule has 0 aliphatic carbocycles. The Balaban J connectivity index is 0.00000208. The molecule has 24 heavy (non-hydrogen) atoms. The van der Waals surface area contributed by atoms with E-state index in [9.17, 15) is 0 Å². The van der Waals surface area contributed by atoms with Crippen molar-refractivity contribution in [2.24, 2.45) is 0 Å². The minimum absolute atomic E-state index is 0. The maximum atomic E-state index is 5.82. The summed E-state index contributed by atoms with van der Waals surface area (Å²) in [7, 11) is 1.93. The first-order valence-corrected chi connectivity index (χ1v) is 8.12. The van der Waals surface area contributed by atoms with Crippen molar-refractivity contribution in [3.63, 3.8) is 0 Å². The lowest BCUT2D eigenvalue weighted by Gasteiger charge is -2.31. The Morgan fingerprint density at radius 1 is 1.33 bits per heavy atom. The number of nitrogens with zero attached hydrogens (tertiary/aromatic N) is 3. The van der Waals surface area contributed by atoms with Crippen molar-refractivity contribution in [2.75, 3.05) is 26.7 Å². The second-order valence-corrected chi connectivity index (χ2v) is 6.02. The molecule has 1 aromatic carbocycles. The van der Waals surface area contributed by atoms with Gasteiger partial charge in [0.1, 0.15) is 6.10 Å². The minimum atomic E-state index is -0.140. The summed E-state index contributed by atoms with van der Waals surface area (Å²) in [5, 5.41) is 7.24. The number of likely N-dealkylation sites (N-methyl/N-ethyl adjacent to an activating group) is 1. The molecule has 2 aromatic rings. The molecule has 0 amide bonds. The Kier molecular flexibility index (Phi) is 7.17. The number of hydrogen-bond donors (Lipinski definition) is 1. The lowest BCUT2D eigenvalue weighted by atomic mass is 10.2. The number of aromatic nitrogens is 2. The van der Waals surface area contributed by atoms with Crippen molar-refractivity contribution in [3.05, 3.63) is 47.6 Å². The summed E-state index contributed by atoms with van der Waals surface area (Å²) in [5.74, 6) is 1.31. The topological polar surface area (TPSA) is 63.4 Å². The fourth-order valence-electron chi connectivity index (χ4n) is 2.69. The molecule has 1 aromatic heterocycles. The predicted molar refractivity (Wildman–Crippen MR) is 94.2 cm³/mol. The van der Waals surface area contributed by atoms with E-state index in [1.54, 1.807) is 0 Å². The molecule has 7 heteroatoms. The smallest absolute Gasteiger partial charge is 0.257 e. The van der Waals surface area contributed by atoms with Crippen LogP contribution < -0.4 is 5.32 Å². The highest BCUT2D eigenvalue weighted by Gasteiger charge is 2.27. The molecule has 0 radical (unpaired) electrons. The highest BCUT2D eigenvalue weighted by Crippen LogP contribution is 2.22. The van der Waals surface area contributed by atoms with Crippen LogP contribution in [0.4, 0.5) is 0 Å². The molecule has 1 aliphatic heterocycles. The predicted octanol–water partition coefficient (Wildman–Crippen LogP) is 2.22. The van der Waals surface area contributed by atoms with Gasteiger partial charge in [-0.15, -0.1) is 12.4 Å². The van der Waals surface area contributed by atoms with Crippen molar-refractivity contribution >= 4 is 12.4 Å². The van der Waals surface area contributed by atoms with Gasteiger partial charge in [0, 0.05) is 32.1 Å². The average molecular weight is 353 g/mol. The van der Waals surface area contributed by atoms with Gasteiger partial charge < -0.3 is 14.6 Å². The quantitative estimate of drug-likeness (QED) is 0.860. The lowest BCUT2D eigenvalue weighted by Crippen LogP contribution is -2.37. The van der Waals surface area contributed by atoms with Gasteiger partial charge in [0.2, 0.25) is 0 Å². The summed E-state index contributed by atoms with van der Waals surface area (Å²) in [5.41, 5.74) is 1.31. The Labute approximate surface area is 149 Å². The summed E-state index contributed by atoms with van der Waals surface area (Å²) < 4.78 is 11.2. The third-order valence-corrected chi connectivity index (χ3v) is 4.14. The van der Waals surface area contributed by atoms with Gasteiger partial charge in [-0.1, -0.05) is 35.5 Å². The minimum Gasteiger partial charge on any atom is -0.366 e. The zero-order chi connectivity index (χ0) is 16.1. The fourth-order valence-corrected chi connectivity index (χ4v) is 2.69. The molecule has 2 heterocycles. The van der Waals surface area contributed by atoms with Crippen molar-refractivity contribution in [3.8, 4) is 0 Å². The maximum Gasteiger partial charge on any atom is 0.257 e. The first-order valence-electron chi connectivity index (χ1n) is 8.12. The molecule has 1 fully saturated rings. The van der Waals surface area contributed by atoms with E-state index in [1.165, 1.54) is 5.56 Å². The van der Waals surface area contributed by atoms with E-state index in [1.807, 2.05) is 13.1 Å². The van der Waals surface area contributed by atoms with Gasteiger partial charge in [-0.2, -0.15) is 4.98 Å². The number of benzene rings is 1. The first kappa shape index (κ1) is 18.9. The molecule has 1 N–H and O–H groups in total. The monoisotopic (exact) mass is 352 g/mol. The summed E-state index contributed by atoms with van der Waals surface area (Å²) >= 11 is 0. The molecular weight excluding hydrogens is 328 g/mol. The van der Waals surface area contributed by atoms with Crippen LogP contribution in [0.5, 0.6) is 0 Å². The van der Waals surface area contributed by atoms with Gasteiger partial charge in [-0.3, -0.25) is 4.90 Å². The molecule has 2 atom stereocenters. The second kappa shape index (κ2) is 9.13. The van der Waals surface area contributed by atoms with E-state index in [0.29, 0.717) is 18.5 Å². The molecule has 0 spiro atoms. The maximum absolute atomic E-state index is 5.82. The van der Waals surface area contributed by atoms with Gasteiger partial charge in [0.25, 0.3) is 5.89 Å².